The van der Waals surface area contributed by atoms with Crippen LogP contribution >= 0.6 is 0 Å². The van der Waals surface area contributed by atoms with E-state index in [0.717, 1.165) is 32.1 Å². The molecule has 7 heteroatoms. The van der Waals surface area contributed by atoms with E-state index in [1.807, 2.05) is 0 Å². The summed E-state index contributed by atoms with van der Waals surface area (Å²) in [6.07, 6.45) is 4.88. The SMILES string of the molecule is COC(=O)[C@@H](NC(=O)c1cccc([N+](=O)[O-])c1)C1CCCCC1. The Morgan fingerprint density at radius 1 is 1.30 bits per heavy atom. The van der Waals surface area contributed by atoms with Crippen molar-refractivity contribution in [2.75, 3.05) is 7.11 Å². The molecule has 0 radical (unpaired) electrons. The highest BCUT2D eigenvalue weighted by Gasteiger charge is 2.32. The molecule has 23 heavy (non-hydrogen) atoms. The first-order chi connectivity index (χ1) is 11.0. The number of non-ortho nitro benzene ring substituents is 1. The number of carbonyl (C=O) groups excluding carboxylic acids is 2. The molecule has 2 rings (SSSR count). The van der Waals surface area contributed by atoms with Crippen LogP contribution in [0.1, 0.15) is 42.5 Å². The average Bonchev–Trinajstić information content (AvgIpc) is 2.59. The zero-order chi connectivity index (χ0) is 16.8. The molecule has 0 spiro atoms. The van der Waals surface area contributed by atoms with Gasteiger partial charge >= 0.3 is 5.97 Å². The van der Waals surface area contributed by atoms with Crippen molar-refractivity contribution in [3.05, 3.63) is 39.9 Å². The number of methoxy groups -OCH3 is 1. The van der Waals surface area contributed by atoms with E-state index in [2.05, 4.69) is 5.32 Å². The Balaban J connectivity index is 2.15. The fourth-order valence-corrected chi connectivity index (χ4v) is 2.95. The number of nitro benzene ring substituents is 1. The van der Waals surface area contributed by atoms with Crippen molar-refractivity contribution >= 4 is 17.6 Å². The van der Waals surface area contributed by atoms with E-state index >= 15 is 0 Å². The Hall–Kier alpha value is -2.44. The summed E-state index contributed by atoms with van der Waals surface area (Å²) >= 11 is 0. The predicted molar refractivity (Wildman–Crippen MR) is 82.9 cm³/mol. The van der Waals surface area contributed by atoms with Crippen LogP contribution in [0.15, 0.2) is 24.3 Å². The van der Waals surface area contributed by atoms with Gasteiger partial charge in [0.05, 0.1) is 12.0 Å². The number of esters is 1. The minimum Gasteiger partial charge on any atom is -0.467 e. The van der Waals surface area contributed by atoms with E-state index in [4.69, 9.17) is 4.74 Å². The second kappa shape index (κ2) is 7.71. The molecule has 1 aliphatic rings. The standard InChI is InChI=1S/C16H20N2O5/c1-23-16(20)14(11-6-3-2-4-7-11)17-15(19)12-8-5-9-13(10-12)18(21)22/h5,8-11,14H,2-4,6-7H2,1H3,(H,17,19)/t14-/m0/s1. The summed E-state index contributed by atoms with van der Waals surface area (Å²) in [5.74, 6) is -0.941. The van der Waals surface area contributed by atoms with Gasteiger partial charge in [0.2, 0.25) is 0 Å². The number of nitrogens with one attached hydrogen (secondary N) is 1. The Kier molecular flexibility index (Phi) is 5.67. The topological polar surface area (TPSA) is 98.5 Å². The van der Waals surface area contributed by atoms with Crippen molar-refractivity contribution in [2.24, 2.45) is 5.92 Å². The fraction of sp³-hybridized carbons (Fsp3) is 0.500. The van der Waals surface area contributed by atoms with E-state index in [0.29, 0.717) is 0 Å². The van der Waals surface area contributed by atoms with Crippen LogP contribution in [0.2, 0.25) is 0 Å². The molecule has 1 aromatic rings. The molecule has 0 unspecified atom stereocenters. The monoisotopic (exact) mass is 320 g/mol. The summed E-state index contributed by atoms with van der Waals surface area (Å²) in [5, 5.41) is 13.5. The average molecular weight is 320 g/mol. The zero-order valence-corrected chi connectivity index (χ0v) is 13.0. The molecule has 1 fully saturated rings. The summed E-state index contributed by atoms with van der Waals surface area (Å²) in [7, 11) is 1.29. The van der Waals surface area contributed by atoms with Crippen LogP contribution in [-0.4, -0.2) is 30.0 Å². The van der Waals surface area contributed by atoms with Crippen molar-refractivity contribution < 1.29 is 19.2 Å². The lowest BCUT2D eigenvalue weighted by Crippen LogP contribution is -2.47. The number of rotatable bonds is 5. The number of amides is 1. The van der Waals surface area contributed by atoms with Gasteiger partial charge in [-0.25, -0.2) is 4.79 Å². The van der Waals surface area contributed by atoms with Gasteiger partial charge in [0.15, 0.2) is 0 Å². The van der Waals surface area contributed by atoms with Crippen molar-refractivity contribution in [1.29, 1.82) is 0 Å². The smallest absolute Gasteiger partial charge is 0.328 e. The van der Waals surface area contributed by atoms with Crippen LogP contribution in [0, 0.1) is 16.0 Å². The van der Waals surface area contributed by atoms with Crippen molar-refractivity contribution in [3.63, 3.8) is 0 Å². The van der Waals surface area contributed by atoms with Crippen LogP contribution in [0.5, 0.6) is 0 Å². The maximum absolute atomic E-state index is 12.4. The van der Waals surface area contributed by atoms with E-state index in [-0.39, 0.29) is 17.2 Å². The first-order valence-electron chi connectivity index (χ1n) is 7.66. The minimum absolute atomic E-state index is 0.0406. The molecule has 1 amide bonds. The second-order valence-electron chi connectivity index (χ2n) is 5.68. The summed E-state index contributed by atoms with van der Waals surface area (Å²) in [6, 6.07) is 4.73. The molecule has 0 aliphatic heterocycles. The Morgan fingerprint density at radius 3 is 2.61 bits per heavy atom. The highest BCUT2D eigenvalue weighted by atomic mass is 16.6. The van der Waals surface area contributed by atoms with E-state index in [1.54, 1.807) is 0 Å². The van der Waals surface area contributed by atoms with Gasteiger partial charge in [0.1, 0.15) is 6.04 Å². The summed E-state index contributed by atoms with van der Waals surface area (Å²) in [4.78, 5) is 34.6. The minimum atomic E-state index is -0.716. The Bertz CT molecular complexity index is 596. The molecule has 0 saturated heterocycles. The van der Waals surface area contributed by atoms with Crippen LogP contribution in [0.25, 0.3) is 0 Å². The molecule has 1 saturated carbocycles. The maximum atomic E-state index is 12.4. The normalized spacial score (nSPS) is 16.4. The molecule has 7 nitrogen and oxygen atoms in total. The highest BCUT2D eigenvalue weighted by Crippen LogP contribution is 2.27. The van der Waals surface area contributed by atoms with E-state index in [1.165, 1.54) is 31.4 Å². The van der Waals surface area contributed by atoms with Gasteiger partial charge in [-0.3, -0.25) is 14.9 Å². The summed E-state index contributed by atoms with van der Waals surface area (Å²) in [5.41, 5.74) is -0.00570. The molecule has 1 aromatic carbocycles. The van der Waals surface area contributed by atoms with Gasteiger partial charge < -0.3 is 10.1 Å². The zero-order valence-electron chi connectivity index (χ0n) is 13.0. The molecule has 0 heterocycles. The third-order valence-electron chi connectivity index (χ3n) is 4.18. The van der Waals surface area contributed by atoms with Gasteiger partial charge in [0, 0.05) is 17.7 Å². The number of nitrogens with zero attached hydrogens (tertiary/aromatic N) is 1. The molecule has 1 atom stereocenters. The van der Waals surface area contributed by atoms with Crippen LogP contribution in [0.3, 0.4) is 0 Å². The lowest BCUT2D eigenvalue weighted by Gasteiger charge is -2.29. The molecule has 0 aromatic heterocycles. The number of carbonyl (C=O) groups is 2. The molecule has 1 aliphatic carbocycles. The third kappa shape index (κ3) is 4.28. The third-order valence-corrected chi connectivity index (χ3v) is 4.18. The molecule has 124 valence electrons. The second-order valence-corrected chi connectivity index (χ2v) is 5.68. The first kappa shape index (κ1) is 16.9. The molecule has 0 bridgehead atoms. The Labute approximate surface area is 134 Å². The lowest BCUT2D eigenvalue weighted by molar-refractivity contribution is -0.384. The number of benzene rings is 1. The number of hydrogen-bond acceptors (Lipinski definition) is 5. The molecular weight excluding hydrogens is 300 g/mol. The summed E-state index contributed by atoms with van der Waals surface area (Å²) < 4.78 is 4.80. The van der Waals surface area contributed by atoms with E-state index in [9.17, 15) is 19.7 Å². The maximum Gasteiger partial charge on any atom is 0.328 e. The van der Waals surface area contributed by atoms with Crippen LogP contribution in [0.4, 0.5) is 5.69 Å². The first-order valence-corrected chi connectivity index (χ1v) is 7.66. The quantitative estimate of drug-likeness (QED) is 0.510. The lowest BCUT2D eigenvalue weighted by atomic mass is 9.83. The Morgan fingerprint density at radius 2 is 2.00 bits per heavy atom. The number of ether oxygens (including phenoxy) is 1. The van der Waals surface area contributed by atoms with Crippen molar-refractivity contribution in [1.82, 2.24) is 5.32 Å². The van der Waals surface area contributed by atoms with Gasteiger partial charge in [-0.15, -0.1) is 0 Å². The van der Waals surface area contributed by atoms with Crippen molar-refractivity contribution in [3.8, 4) is 0 Å². The van der Waals surface area contributed by atoms with Gasteiger partial charge in [0.25, 0.3) is 11.6 Å². The largest absolute Gasteiger partial charge is 0.467 e. The number of hydrogen-bond donors (Lipinski definition) is 1. The van der Waals surface area contributed by atoms with Crippen LogP contribution in [-0.2, 0) is 9.53 Å². The molecular formula is C16H20N2O5. The van der Waals surface area contributed by atoms with Crippen LogP contribution < -0.4 is 5.32 Å². The highest BCUT2D eigenvalue weighted by molar-refractivity contribution is 5.97. The van der Waals surface area contributed by atoms with Gasteiger partial charge in [-0.2, -0.15) is 0 Å². The van der Waals surface area contributed by atoms with Gasteiger partial charge in [-0.05, 0) is 24.8 Å². The fourth-order valence-electron chi connectivity index (χ4n) is 2.95. The number of nitro groups is 1. The predicted octanol–water partition coefficient (Wildman–Crippen LogP) is 2.45. The summed E-state index contributed by atoms with van der Waals surface area (Å²) in [6.45, 7) is 0. The van der Waals surface area contributed by atoms with Crippen molar-refractivity contribution in [2.45, 2.75) is 38.1 Å². The van der Waals surface area contributed by atoms with Gasteiger partial charge in [-0.1, -0.05) is 25.3 Å². The van der Waals surface area contributed by atoms with E-state index < -0.39 is 22.8 Å². The molecule has 1 N–H and O–H groups in total.